The summed E-state index contributed by atoms with van der Waals surface area (Å²) in [6.07, 6.45) is 2.33. The molecule has 0 aromatic heterocycles. The molecule has 0 saturated carbocycles. The first-order chi connectivity index (χ1) is 3.39. The van der Waals surface area contributed by atoms with Crippen LogP contribution in [0.3, 0.4) is 0 Å². The highest BCUT2D eigenvalue weighted by Gasteiger charge is 2.06. The maximum atomic E-state index is 4.85. The Hall–Kier alpha value is 0.700. The third-order valence-corrected chi connectivity index (χ3v) is 2.09. The zero-order valence-electron chi connectivity index (χ0n) is 3.85. The van der Waals surface area contributed by atoms with Crippen LogP contribution in [0.1, 0.15) is 6.42 Å². The zero-order chi connectivity index (χ0) is 5.11. The monoisotopic (exact) mass is 138 g/mol. The Morgan fingerprint density at radius 2 is 2.57 bits per heavy atom. The molecule has 0 aliphatic carbocycles. The molecular formula is C3H7O2PS. The van der Waals surface area contributed by atoms with E-state index in [0.717, 1.165) is 13.0 Å². The molecule has 4 heteroatoms. The third-order valence-electron chi connectivity index (χ3n) is 0.731. The predicted molar refractivity (Wildman–Crippen MR) is 32.2 cm³/mol. The van der Waals surface area contributed by atoms with Crippen LogP contribution in [-0.2, 0) is 21.5 Å². The van der Waals surface area contributed by atoms with Crippen LogP contribution in [0, 0.1) is 0 Å². The summed E-state index contributed by atoms with van der Waals surface area (Å²) in [4.78, 5) is 4.85. The van der Waals surface area contributed by atoms with Crippen LogP contribution in [0.2, 0.25) is 0 Å². The second kappa shape index (κ2) is 2.88. The highest BCUT2D eigenvalue weighted by molar-refractivity contribution is 7.60. The molecule has 0 amide bonds. The van der Waals surface area contributed by atoms with Crippen LogP contribution in [-0.4, -0.2) is 12.8 Å². The minimum Gasteiger partial charge on any atom is -0.346 e. The van der Waals surface area contributed by atoms with Gasteiger partial charge >= 0.3 is 0 Å². The lowest BCUT2D eigenvalue weighted by Gasteiger charge is -2.20. The molecule has 0 aromatic rings. The fourth-order valence-electron chi connectivity index (χ4n) is 0.404. The molecular weight excluding hydrogens is 131 g/mol. The summed E-state index contributed by atoms with van der Waals surface area (Å²) >= 11 is 4.63. The fraction of sp³-hybridized carbons (Fsp3) is 1.00. The van der Waals surface area contributed by atoms with Gasteiger partial charge in [0, 0.05) is 6.16 Å². The van der Waals surface area contributed by atoms with Crippen LogP contribution in [0.4, 0.5) is 0 Å². The number of hydrogen-bond acceptors (Lipinski definition) is 2. The van der Waals surface area contributed by atoms with Gasteiger partial charge in [0.15, 0.2) is 0 Å². The van der Waals surface area contributed by atoms with Crippen molar-refractivity contribution in [2.24, 2.45) is 0 Å². The van der Waals surface area contributed by atoms with E-state index in [2.05, 4.69) is 16.7 Å². The largest absolute Gasteiger partial charge is 0.346 e. The lowest BCUT2D eigenvalue weighted by atomic mass is 10.5. The van der Waals surface area contributed by atoms with Crippen molar-refractivity contribution in [2.45, 2.75) is 6.42 Å². The first-order valence-electron chi connectivity index (χ1n) is 2.18. The quantitative estimate of drug-likeness (QED) is 0.213. The van der Waals surface area contributed by atoms with Crippen molar-refractivity contribution < 1.29 is 8.64 Å². The molecule has 0 N–H and O–H groups in total. The summed E-state index contributed by atoms with van der Waals surface area (Å²) in [5.41, 5.74) is 0. The Kier molecular flexibility index (Phi) is 2.40. The van der Waals surface area contributed by atoms with Gasteiger partial charge in [0.2, 0.25) is 8.81 Å². The van der Waals surface area contributed by atoms with E-state index in [1.807, 2.05) is 0 Å². The maximum Gasteiger partial charge on any atom is 0.211 e. The van der Waals surface area contributed by atoms with Gasteiger partial charge in [-0.05, 0) is 6.42 Å². The van der Waals surface area contributed by atoms with E-state index in [9.17, 15) is 0 Å². The molecule has 1 aliphatic heterocycles. The highest BCUT2D eigenvalue weighted by Crippen LogP contribution is 2.26. The molecule has 1 rings (SSSR count). The molecule has 1 heterocycles. The molecule has 1 aliphatic rings. The molecule has 0 spiro atoms. The highest BCUT2D eigenvalue weighted by atomic mass is 32.1. The Labute approximate surface area is 50.3 Å². The second-order valence-electron chi connectivity index (χ2n) is 1.30. The Morgan fingerprint density at radius 1 is 1.71 bits per heavy atom. The minimum absolute atomic E-state index is 0.618. The molecule has 1 unspecified atom stereocenters. The Balaban J connectivity index is 2.12. The summed E-state index contributed by atoms with van der Waals surface area (Å²) in [6.45, 7) is 0.779. The van der Waals surface area contributed by atoms with Gasteiger partial charge in [-0.2, -0.15) is 0 Å². The second-order valence-corrected chi connectivity index (χ2v) is 3.06. The van der Waals surface area contributed by atoms with Gasteiger partial charge in [0.1, 0.15) is 6.61 Å². The van der Waals surface area contributed by atoms with Gasteiger partial charge in [-0.15, -0.1) is 4.89 Å². The van der Waals surface area contributed by atoms with E-state index in [1.165, 1.54) is 6.16 Å². The van der Waals surface area contributed by atoms with Crippen molar-refractivity contribution in [3.63, 3.8) is 0 Å². The predicted octanol–water partition coefficient (Wildman–Crippen LogP) is 0.929. The van der Waals surface area contributed by atoms with Crippen molar-refractivity contribution in [1.29, 1.82) is 0 Å². The summed E-state index contributed by atoms with van der Waals surface area (Å²) in [6, 6.07) is 0. The van der Waals surface area contributed by atoms with E-state index in [-0.39, 0.29) is 0 Å². The molecule has 1 fully saturated rings. The zero-order valence-corrected chi connectivity index (χ0v) is 5.66. The van der Waals surface area contributed by atoms with E-state index in [1.54, 1.807) is 0 Å². The molecule has 1 saturated heterocycles. The van der Waals surface area contributed by atoms with E-state index in [4.69, 9.17) is 4.89 Å². The normalized spacial score (nSPS) is 28.7. The van der Waals surface area contributed by atoms with Crippen LogP contribution < -0.4 is 0 Å². The number of hydrogen-bond donors (Lipinski definition) is 0. The van der Waals surface area contributed by atoms with Gasteiger partial charge in [-0.1, -0.05) is 0 Å². The third kappa shape index (κ3) is 1.96. The molecule has 0 bridgehead atoms. The Morgan fingerprint density at radius 3 is 2.86 bits per heavy atom. The van der Waals surface area contributed by atoms with Crippen molar-refractivity contribution in [1.82, 2.24) is 0 Å². The number of rotatable bonds is 0. The lowest BCUT2D eigenvalue weighted by Crippen LogP contribution is -2.07. The van der Waals surface area contributed by atoms with Crippen LogP contribution >= 0.6 is 8.81 Å². The molecule has 0 aromatic carbocycles. The van der Waals surface area contributed by atoms with E-state index in [0.29, 0.717) is 8.81 Å². The first-order valence-corrected chi connectivity index (χ1v) is 3.63. The van der Waals surface area contributed by atoms with Crippen molar-refractivity contribution in [3.8, 4) is 0 Å². The molecule has 42 valence electrons. The van der Waals surface area contributed by atoms with E-state index >= 15 is 0 Å². The average Bonchev–Trinajstić information content (AvgIpc) is 1.69. The van der Waals surface area contributed by atoms with E-state index < -0.39 is 0 Å². The topological polar surface area (TPSA) is 11.9 Å². The first kappa shape index (κ1) is 5.83. The van der Waals surface area contributed by atoms with Crippen LogP contribution in [0.15, 0.2) is 0 Å². The summed E-state index contributed by atoms with van der Waals surface area (Å²) < 4.78 is 2.18. The van der Waals surface area contributed by atoms with Crippen molar-refractivity contribution in [2.75, 3.05) is 12.8 Å². The van der Waals surface area contributed by atoms with Gasteiger partial charge < -0.3 is 16.7 Å². The molecule has 2 nitrogen and oxygen atoms in total. The van der Waals surface area contributed by atoms with Crippen LogP contribution in [0.25, 0.3) is 0 Å². The maximum absolute atomic E-state index is 4.85. The van der Waals surface area contributed by atoms with Gasteiger partial charge in [-0.25, -0.2) is 0 Å². The van der Waals surface area contributed by atoms with Crippen molar-refractivity contribution >= 4 is 21.7 Å². The van der Waals surface area contributed by atoms with Crippen molar-refractivity contribution in [3.05, 3.63) is 0 Å². The van der Waals surface area contributed by atoms with Crippen LogP contribution in [0.5, 0.6) is 0 Å². The Bertz CT molecular complexity index is 54.9. The summed E-state index contributed by atoms with van der Waals surface area (Å²) in [7, 11) is 0.618. The summed E-state index contributed by atoms with van der Waals surface area (Å²) in [5.74, 6) is 0. The molecule has 7 heavy (non-hydrogen) atoms. The minimum atomic E-state index is 0.618. The smallest absolute Gasteiger partial charge is 0.211 e. The van der Waals surface area contributed by atoms with Gasteiger partial charge in [0.25, 0.3) is 0 Å². The van der Waals surface area contributed by atoms with Gasteiger partial charge in [-0.3, -0.25) is 0 Å². The SMILES string of the molecule is [S-][O+]1OCCCP1. The van der Waals surface area contributed by atoms with Gasteiger partial charge in [0.05, 0.1) is 0 Å². The standard InChI is InChI=1S/C3H7O2PS/c7-5-4-2-1-3-6-5/h6H,1-3H2. The molecule has 1 atom stereocenters. The fourth-order valence-corrected chi connectivity index (χ4v) is 1.34. The average molecular weight is 138 g/mol. The lowest BCUT2D eigenvalue weighted by molar-refractivity contribution is -0.256. The summed E-state index contributed by atoms with van der Waals surface area (Å²) in [5, 5.41) is 0. The molecule has 0 radical (unpaired) electrons.